The summed E-state index contributed by atoms with van der Waals surface area (Å²) in [6, 6.07) is -0.570. The molecule has 4 saturated carbocycles. The molecule has 28 heavy (non-hydrogen) atoms. The summed E-state index contributed by atoms with van der Waals surface area (Å²) in [6.07, 6.45) is 7.61. The van der Waals surface area contributed by atoms with Gasteiger partial charge in [-0.05, 0) is 76.5 Å². The topological polar surface area (TPSA) is 75.7 Å². The van der Waals surface area contributed by atoms with Gasteiger partial charge in [0.1, 0.15) is 6.04 Å². The summed E-state index contributed by atoms with van der Waals surface area (Å²) < 4.78 is 5.55. The lowest BCUT2D eigenvalue weighted by Gasteiger charge is -2.57. The fraction of sp³-hybridized carbons (Fsp3) is 0.857. The van der Waals surface area contributed by atoms with Crippen molar-refractivity contribution in [3.8, 4) is 0 Å². The van der Waals surface area contributed by atoms with E-state index in [-0.39, 0.29) is 22.2 Å². The van der Waals surface area contributed by atoms with E-state index in [0.717, 1.165) is 43.4 Å². The minimum Gasteiger partial charge on any atom is -0.451 e. The molecule has 6 aliphatic rings. The molecule has 7 heteroatoms. The number of carbonyl (C=O) groups excluding carboxylic acids is 3. The number of amides is 2. The molecule has 1 N–H and O–H groups in total. The largest absolute Gasteiger partial charge is 0.451 e. The molecule has 2 aliphatic heterocycles. The molecule has 6 nitrogen and oxygen atoms in total. The Morgan fingerprint density at radius 2 is 1.79 bits per heavy atom. The Morgan fingerprint density at radius 3 is 2.39 bits per heavy atom. The average Bonchev–Trinajstić information content (AvgIpc) is 3.09. The van der Waals surface area contributed by atoms with E-state index >= 15 is 0 Å². The van der Waals surface area contributed by atoms with E-state index < -0.39 is 18.1 Å². The second kappa shape index (κ2) is 6.38. The van der Waals surface area contributed by atoms with E-state index in [1.54, 1.807) is 23.6 Å². The van der Waals surface area contributed by atoms with Gasteiger partial charge >= 0.3 is 5.97 Å². The van der Waals surface area contributed by atoms with Gasteiger partial charge in [0.15, 0.2) is 6.10 Å². The third-order valence-electron chi connectivity index (χ3n) is 7.81. The Balaban J connectivity index is 1.21. The van der Waals surface area contributed by atoms with Crippen LogP contribution in [0.15, 0.2) is 0 Å². The van der Waals surface area contributed by atoms with E-state index in [2.05, 4.69) is 5.32 Å². The molecule has 6 fully saturated rings. The van der Waals surface area contributed by atoms with Gasteiger partial charge in [-0.25, -0.2) is 4.79 Å². The van der Waals surface area contributed by atoms with Gasteiger partial charge < -0.3 is 15.0 Å². The number of hydrogen-bond donors (Lipinski definition) is 1. The van der Waals surface area contributed by atoms with Crippen LogP contribution in [0.25, 0.3) is 0 Å². The van der Waals surface area contributed by atoms with Crippen molar-refractivity contribution in [2.24, 2.45) is 17.8 Å². The van der Waals surface area contributed by atoms with Crippen molar-refractivity contribution in [3.05, 3.63) is 0 Å². The monoisotopic (exact) mass is 406 g/mol. The van der Waals surface area contributed by atoms with Crippen LogP contribution < -0.4 is 5.32 Å². The lowest BCUT2D eigenvalue weighted by Crippen LogP contribution is -2.61. The number of ether oxygens (including phenoxy) is 1. The van der Waals surface area contributed by atoms with Crippen LogP contribution in [0.4, 0.5) is 0 Å². The molecule has 0 aromatic heterocycles. The molecule has 154 valence electrons. The minimum absolute atomic E-state index is 0.0140. The van der Waals surface area contributed by atoms with Crippen molar-refractivity contribution in [1.29, 1.82) is 0 Å². The van der Waals surface area contributed by atoms with Gasteiger partial charge in [0.25, 0.3) is 5.91 Å². The molecular weight excluding hydrogens is 376 g/mol. The molecular formula is C21H30N2O4S. The zero-order valence-electron chi connectivity index (χ0n) is 16.7. The molecule has 2 amide bonds. The second-order valence-electron chi connectivity index (χ2n) is 10.0. The summed E-state index contributed by atoms with van der Waals surface area (Å²) in [5.74, 6) is 2.18. The van der Waals surface area contributed by atoms with Crippen LogP contribution in [0.1, 0.15) is 65.2 Å². The molecule has 0 radical (unpaired) electrons. The molecule has 3 atom stereocenters. The summed E-state index contributed by atoms with van der Waals surface area (Å²) in [7, 11) is 0. The van der Waals surface area contributed by atoms with Crippen molar-refractivity contribution < 1.29 is 19.1 Å². The number of nitrogens with one attached hydrogen (secondary N) is 1. The molecule has 6 rings (SSSR count). The number of hydrogen-bond acceptors (Lipinski definition) is 5. The first-order valence-electron chi connectivity index (χ1n) is 10.8. The minimum atomic E-state index is -0.824. The molecule has 4 aliphatic carbocycles. The quantitative estimate of drug-likeness (QED) is 0.726. The highest BCUT2D eigenvalue weighted by Crippen LogP contribution is 2.55. The van der Waals surface area contributed by atoms with Gasteiger partial charge in [-0.1, -0.05) is 0 Å². The highest BCUT2D eigenvalue weighted by Gasteiger charge is 2.54. The van der Waals surface area contributed by atoms with Crippen molar-refractivity contribution in [1.82, 2.24) is 10.2 Å². The third-order valence-corrected chi connectivity index (χ3v) is 9.31. The number of carbonyl (C=O) groups is 3. The van der Waals surface area contributed by atoms with Crippen molar-refractivity contribution >= 4 is 29.5 Å². The summed E-state index contributed by atoms with van der Waals surface area (Å²) >= 11 is 1.64. The first-order valence-corrected chi connectivity index (χ1v) is 11.7. The smallest absolute Gasteiger partial charge is 0.330 e. The maximum Gasteiger partial charge on any atom is 0.330 e. The van der Waals surface area contributed by atoms with Gasteiger partial charge in [-0.15, -0.1) is 11.8 Å². The summed E-state index contributed by atoms with van der Waals surface area (Å²) in [5.41, 5.74) is -0.0841. The van der Waals surface area contributed by atoms with Gasteiger partial charge in [-0.3, -0.25) is 9.59 Å². The Bertz CT molecular complexity index is 690. The van der Waals surface area contributed by atoms with E-state index in [0.29, 0.717) is 12.2 Å². The zero-order valence-corrected chi connectivity index (χ0v) is 17.6. The average molecular weight is 407 g/mol. The Kier molecular flexibility index (Phi) is 4.27. The second-order valence-corrected chi connectivity index (χ2v) is 11.5. The predicted molar refractivity (Wildman–Crippen MR) is 105 cm³/mol. The van der Waals surface area contributed by atoms with Gasteiger partial charge in [-0.2, -0.15) is 0 Å². The van der Waals surface area contributed by atoms with E-state index in [1.165, 1.54) is 19.3 Å². The highest BCUT2D eigenvalue weighted by atomic mass is 32.2. The van der Waals surface area contributed by atoms with Crippen LogP contribution >= 0.6 is 11.8 Å². The van der Waals surface area contributed by atoms with E-state index in [1.807, 2.05) is 6.92 Å². The van der Waals surface area contributed by atoms with Crippen LogP contribution in [-0.2, 0) is 19.1 Å². The lowest BCUT2D eigenvalue weighted by molar-refractivity contribution is -0.162. The molecule has 2 saturated heterocycles. The van der Waals surface area contributed by atoms with E-state index in [4.69, 9.17) is 4.74 Å². The molecule has 0 unspecified atom stereocenters. The fourth-order valence-corrected chi connectivity index (χ4v) is 8.34. The van der Waals surface area contributed by atoms with Gasteiger partial charge in [0, 0.05) is 17.7 Å². The molecule has 0 aromatic carbocycles. The number of esters is 1. The summed E-state index contributed by atoms with van der Waals surface area (Å²) in [6.45, 7) is 3.67. The first kappa shape index (κ1) is 18.8. The Labute approximate surface area is 170 Å². The lowest BCUT2D eigenvalue weighted by atomic mass is 9.53. The summed E-state index contributed by atoms with van der Waals surface area (Å²) in [5, 5.41) is 3.28. The standard InChI is InChI=1S/C21H30N2O4S/c1-12(27-19(26)16-11-28-20(2)4-3-17(24)23(16)20)18(25)22-21-8-13-5-14(9-21)7-15(6-13)10-21/h12-16H,3-11H2,1-2H3,(H,22,25)/t12-,13?,14?,15?,16+,20+,21?/m1/s1. The maximum atomic E-state index is 12.9. The maximum absolute atomic E-state index is 12.9. The number of rotatable bonds is 4. The van der Waals surface area contributed by atoms with Crippen LogP contribution in [0.3, 0.4) is 0 Å². The highest BCUT2D eigenvalue weighted by molar-refractivity contribution is 8.01. The van der Waals surface area contributed by atoms with Gasteiger partial charge in [0.2, 0.25) is 5.91 Å². The van der Waals surface area contributed by atoms with Gasteiger partial charge in [0.05, 0.1) is 4.87 Å². The number of nitrogens with zero attached hydrogens (tertiary/aromatic N) is 1. The van der Waals surface area contributed by atoms with E-state index in [9.17, 15) is 14.4 Å². The fourth-order valence-electron chi connectivity index (χ4n) is 6.93. The van der Waals surface area contributed by atoms with Crippen molar-refractivity contribution in [2.75, 3.05) is 5.75 Å². The van der Waals surface area contributed by atoms with Crippen molar-refractivity contribution in [2.45, 2.75) is 87.8 Å². The first-order chi connectivity index (χ1) is 13.3. The normalized spacial score (nSPS) is 44.5. The predicted octanol–water partition coefficient (Wildman–Crippen LogP) is 2.46. The van der Waals surface area contributed by atoms with Crippen LogP contribution in [0.5, 0.6) is 0 Å². The number of fused-ring (bicyclic) bond motifs is 1. The molecule has 0 spiro atoms. The number of thioether (sulfide) groups is 1. The molecule has 0 aromatic rings. The van der Waals surface area contributed by atoms with Crippen LogP contribution in [-0.4, -0.2) is 51.0 Å². The molecule has 2 heterocycles. The zero-order chi connectivity index (χ0) is 19.7. The van der Waals surface area contributed by atoms with Crippen LogP contribution in [0, 0.1) is 17.8 Å². The SMILES string of the molecule is C[C@@H](OC(=O)[C@@H]1CS[C@@]2(C)CCC(=O)N12)C(=O)NC12CC3CC(CC(C3)C1)C2. The summed E-state index contributed by atoms with van der Waals surface area (Å²) in [4.78, 5) is 39.2. The van der Waals surface area contributed by atoms with Crippen LogP contribution in [0.2, 0.25) is 0 Å². The Morgan fingerprint density at radius 1 is 1.18 bits per heavy atom. The molecule has 4 bridgehead atoms. The Hall–Kier alpha value is -1.24. The van der Waals surface area contributed by atoms with Crippen molar-refractivity contribution in [3.63, 3.8) is 0 Å². The third kappa shape index (κ3) is 2.96.